The van der Waals surface area contributed by atoms with Gasteiger partial charge in [-0.1, -0.05) is 42.7 Å². The molecule has 4 aromatic rings. The number of carboxylic acid groups (broad SMARTS) is 1. The Morgan fingerprint density at radius 2 is 1.76 bits per heavy atom. The smallest absolute Gasteiger partial charge is 0.335 e. The van der Waals surface area contributed by atoms with Crippen LogP contribution in [0, 0.1) is 13.8 Å². The van der Waals surface area contributed by atoms with Crippen LogP contribution < -0.4 is 5.32 Å². The lowest BCUT2D eigenvalue weighted by Gasteiger charge is -2.17. The third-order valence-electron chi connectivity index (χ3n) is 6.64. The number of carbonyl (C=O) groups is 2. The molecule has 0 atom stereocenters. The summed E-state index contributed by atoms with van der Waals surface area (Å²) in [6.45, 7) is 4.01. The Kier molecular flexibility index (Phi) is 5.65. The summed E-state index contributed by atoms with van der Waals surface area (Å²) in [5.74, 6) is -0.375. The molecule has 2 N–H and O–H groups in total. The number of aryl methyl sites for hydroxylation is 2. The van der Waals surface area contributed by atoms with Gasteiger partial charge in [0.25, 0.3) is 5.91 Å². The summed E-state index contributed by atoms with van der Waals surface area (Å²) in [4.78, 5) is 29.4. The quantitative estimate of drug-likeness (QED) is 0.367. The minimum absolute atomic E-state index is 0.175. The highest BCUT2D eigenvalue weighted by molar-refractivity contribution is 6.05. The number of carbonyl (C=O) groups excluding carboxylic acids is 1. The maximum Gasteiger partial charge on any atom is 0.335 e. The van der Waals surface area contributed by atoms with Gasteiger partial charge in [0, 0.05) is 22.9 Å². The maximum atomic E-state index is 13.1. The third kappa shape index (κ3) is 4.07. The Labute approximate surface area is 198 Å². The molecule has 0 bridgehead atoms. The number of imidazole rings is 1. The minimum Gasteiger partial charge on any atom is -0.478 e. The van der Waals surface area contributed by atoms with Gasteiger partial charge in [0.1, 0.15) is 5.82 Å². The molecule has 1 fully saturated rings. The van der Waals surface area contributed by atoms with E-state index in [1.807, 2.05) is 56.3 Å². The molecule has 3 aromatic carbocycles. The molecule has 6 nitrogen and oxygen atoms in total. The van der Waals surface area contributed by atoms with Gasteiger partial charge in [0.2, 0.25) is 0 Å². The van der Waals surface area contributed by atoms with Gasteiger partial charge in [-0.3, -0.25) is 4.79 Å². The van der Waals surface area contributed by atoms with Crippen molar-refractivity contribution < 1.29 is 14.7 Å². The number of aromatic nitrogens is 2. The van der Waals surface area contributed by atoms with E-state index in [2.05, 4.69) is 9.88 Å². The Bertz CT molecular complexity index is 1410. The summed E-state index contributed by atoms with van der Waals surface area (Å²) in [7, 11) is 0. The molecule has 34 heavy (non-hydrogen) atoms. The molecule has 0 aliphatic heterocycles. The first-order valence-corrected chi connectivity index (χ1v) is 11.6. The molecule has 1 aromatic heterocycles. The third-order valence-corrected chi connectivity index (χ3v) is 6.64. The molecule has 0 spiro atoms. The summed E-state index contributed by atoms with van der Waals surface area (Å²) < 4.78 is 2.23. The summed E-state index contributed by atoms with van der Waals surface area (Å²) in [5.41, 5.74) is 6.15. The SMILES string of the molecule is Cc1ccc(NC(=O)c2cccc(-c3nc4cc(C(=O)O)ccc4n3C3CCCC3)c2)c(C)c1. The molecule has 0 saturated heterocycles. The average molecular weight is 454 g/mol. The molecule has 0 unspecified atom stereocenters. The number of nitrogens with one attached hydrogen (secondary N) is 1. The maximum absolute atomic E-state index is 13.1. The Hall–Kier alpha value is -3.93. The van der Waals surface area contributed by atoms with Gasteiger partial charge in [0.15, 0.2) is 0 Å². The molecule has 1 heterocycles. The highest BCUT2D eigenvalue weighted by Crippen LogP contribution is 2.37. The fourth-order valence-electron chi connectivity index (χ4n) is 4.92. The summed E-state index contributed by atoms with van der Waals surface area (Å²) >= 11 is 0. The largest absolute Gasteiger partial charge is 0.478 e. The zero-order valence-corrected chi connectivity index (χ0v) is 19.3. The van der Waals surface area contributed by atoms with Gasteiger partial charge < -0.3 is 15.0 Å². The van der Waals surface area contributed by atoms with E-state index >= 15 is 0 Å². The van der Waals surface area contributed by atoms with Crippen molar-refractivity contribution in [3.05, 3.63) is 82.9 Å². The lowest BCUT2D eigenvalue weighted by molar-refractivity contribution is 0.0696. The number of hydrogen-bond acceptors (Lipinski definition) is 3. The second-order valence-electron chi connectivity index (χ2n) is 9.11. The predicted molar refractivity (Wildman–Crippen MR) is 134 cm³/mol. The zero-order valence-electron chi connectivity index (χ0n) is 19.3. The van der Waals surface area contributed by atoms with E-state index in [-0.39, 0.29) is 11.5 Å². The van der Waals surface area contributed by atoms with E-state index in [1.54, 1.807) is 18.2 Å². The first kappa shape index (κ1) is 21.9. The molecule has 5 rings (SSSR count). The van der Waals surface area contributed by atoms with Gasteiger partial charge in [-0.2, -0.15) is 0 Å². The summed E-state index contributed by atoms with van der Waals surface area (Å²) in [6, 6.07) is 18.9. The van der Waals surface area contributed by atoms with Crippen molar-refractivity contribution in [2.24, 2.45) is 0 Å². The van der Waals surface area contributed by atoms with Crippen LogP contribution in [0.2, 0.25) is 0 Å². The fourth-order valence-corrected chi connectivity index (χ4v) is 4.92. The first-order valence-electron chi connectivity index (χ1n) is 11.6. The number of carboxylic acids is 1. The van der Waals surface area contributed by atoms with E-state index in [0.717, 1.165) is 59.4 Å². The van der Waals surface area contributed by atoms with Crippen LogP contribution in [0.4, 0.5) is 5.69 Å². The van der Waals surface area contributed by atoms with Crippen LogP contribution in [-0.4, -0.2) is 26.5 Å². The molecule has 6 heteroatoms. The lowest BCUT2D eigenvalue weighted by Crippen LogP contribution is -2.13. The van der Waals surface area contributed by atoms with Crippen molar-refractivity contribution in [3.63, 3.8) is 0 Å². The van der Waals surface area contributed by atoms with Gasteiger partial charge >= 0.3 is 5.97 Å². The van der Waals surface area contributed by atoms with Crippen molar-refractivity contribution >= 4 is 28.6 Å². The van der Waals surface area contributed by atoms with E-state index in [9.17, 15) is 14.7 Å². The number of hydrogen-bond donors (Lipinski definition) is 2. The van der Waals surface area contributed by atoms with E-state index < -0.39 is 5.97 Å². The van der Waals surface area contributed by atoms with Crippen LogP contribution in [-0.2, 0) is 0 Å². The monoisotopic (exact) mass is 453 g/mol. The highest BCUT2D eigenvalue weighted by Gasteiger charge is 2.24. The van der Waals surface area contributed by atoms with Crippen molar-refractivity contribution in [1.82, 2.24) is 9.55 Å². The number of anilines is 1. The normalized spacial score (nSPS) is 13.9. The molecule has 0 radical (unpaired) electrons. The number of aromatic carboxylic acids is 1. The number of fused-ring (bicyclic) bond motifs is 1. The summed E-state index contributed by atoms with van der Waals surface area (Å²) in [5, 5.41) is 12.4. The molecule has 1 saturated carbocycles. The number of amides is 1. The van der Waals surface area contributed by atoms with Gasteiger partial charge in [-0.15, -0.1) is 0 Å². The van der Waals surface area contributed by atoms with Crippen molar-refractivity contribution in [1.29, 1.82) is 0 Å². The van der Waals surface area contributed by atoms with Crippen LogP contribution in [0.3, 0.4) is 0 Å². The van der Waals surface area contributed by atoms with E-state index in [0.29, 0.717) is 17.1 Å². The highest BCUT2D eigenvalue weighted by atomic mass is 16.4. The standard InChI is InChI=1S/C28H27N3O3/c1-17-10-12-23(18(2)14-17)30-27(32)20-7-5-6-19(15-20)26-29-24-16-21(28(33)34)11-13-25(24)31(26)22-8-3-4-9-22/h5-7,10-16,22H,3-4,8-9H2,1-2H3,(H,30,32)(H,33,34). The minimum atomic E-state index is -0.969. The molecular formula is C28H27N3O3. The average Bonchev–Trinajstić information content (AvgIpc) is 3.48. The molecule has 1 amide bonds. The number of benzene rings is 3. The Balaban J connectivity index is 1.55. The van der Waals surface area contributed by atoms with Crippen molar-refractivity contribution in [2.45, 2.75) is 45.6 Å². The fraction of sp³-hybridized carbons (Fsp3) is 0.250. The number of rotatable bonds is 5. The van der Waals surface area contributed by atoms with E-state index in [4.69, 9.17) is 4.98 Å². The van der Waals surface area contributed by atoms with Crippen molar-refractivity contribution in [2.75, 3.05) is 5.32 Å². The van der Waals surface area contributed by atoms with Crippen LogP contribution >= 0.6 is 0 Å². The molecular weight excluding hydrogens is 426 g/mol. The van der Waals surface area contributed by atoms with Gasteiger partial charge in [0.05, 0.1) is 16.6 Å². The first-order chi connectivity index (χ1) is 16.4. The van der Waals surface area contributed by atoms with E-state index in [1.165, 1.54) is 0 Å². The summed E-state index contributed by atoms with van der Waals surface area (Å²) in [6.07, 6.45) is 4.45. The van der Waals surface area contributed by atoms with Crippen LogP contribution in [0.25, 0.3) is 22.4 Å². The Morgan fingerprint density at radius 1 is 0.971 bits per heavy atom. The molecule has 1 aliphatic carbocycles. The second-order valence-corrected chi connectivity index (χ2v) is 9.11. The Morgan fingerprint density at radius 3 is 2.50 bits per heavy atom. The van der Waals surface area contributed by atoms with Crippen molar-refractivity contribution in [3.8, 4) is 11.4 Å². The van der Waals surface area contributed by atoms with Gasteiger partial charge in [-0.05, 0) is 68.7 Å². The molecule has 172 valence electrons. The van der Waals surface area contributed by atoms with Crippen LogP contribution in [0.15, 0.2) is 60.7 Å². The van der Waals surface area contributed by atoms with Crippen LogP contribution in [0.5, 0.6) is 0 Å². The van der Waals surface area contributed by atoms with Gasteiger partial charge in [-0.25, -0.2) is 9.78 Å². The second kappa shape index (κ2) is 8.78. The van der Waals surface area contributed by atoms with Crippen LogP contribution in [0.1, 0.15) is 63.6 Å². The predicted octanol–water partition coefficient (Wildman–Crippen LogP) is 6.39. The lowest BCUT2D eigenvalue weighted by atomic mass is 10.1. The molecule has 1 aliphatic rings. The topological polar surface area (TPSA) is 84.2 Å². The number of nitrogens with zero attached hydrogens (tertiary/aromatic N) is 2. The zero-order chi connectivity index (χ0) is 23.8.